The second-order valence-electron chi connectivity index (χ2n) is 5.92. The van der Waals surface area contributed by atoms with Crippen molar-refractivity contribution >= 4 is 17.2 Å². The Labute approximate surface area is 124 Å². The Kier molecular flexibility index (Phi) is 4.10. The molecule has 0 bridgehead atoms. The highest BCUT2D eigenvalue weighted by molar-refractivity contribution is 7.07. The molecule has 1 saturated carbocycles. The van der Waals surface area contributed by atoms with Crippen molar-refractivity contribution in [2.75, 3.05) is 26.8 Å². The Morgan fingerprint density at radius 2 is 2.35 bits per heavy atom. The fourth-order valence-electron chi connectivity index (χ4n) is 3.39. The van der Waals surface area contributed by atoms with Crippen molar-refractivity contribution in [2.24, 2.45) is 5.41 Å². The summed E-state index contributed by atoms with van der Waals surface area (Å²) in [7, 11) is 1.59. The van der Waals surface area contributed by atoms with Gasteiger partial charge in [-0.05, 0) is 60.2 Å². The van der Waals surface area contributed by atoms with E-state index >= 15 is 0 Å². The van der Waals surface area contributed by atoms with E-state index in [4.69, 9.17) is 4.74 Å². The predicted molar refractivity (Wildman–Crippen MR) is 79.7 cm³/mol. The summed E-state index contributed by atoms with van der Waals surface area (Å²) in [6, 6.07) is 2.52. The SMILES string of the molecule is COCC(=O)N(Cc1ccsc1)C1CC12CCNCC2. The number of hydrogen-bond donors (Lipinski definition) is 1. The first kappa shape index (κ1) is 14.0. The summed E-state index contributed by atoms with van der Waals surface area (Å²) in [5.41, 5.74) is 1.61. The molecule has 2 heterocycles. The highest BCUT2D eigenvalue weighted by atomic mass is 32.1. The second-order valence-corrected chi connectivity index (χ2v) is 6.70. The zero-order valence-electron chi connectivity index (χ0n) is 11.9. The molecule has 1 spiro atoms. The molecular weight excluding hydrogens is 272 g/mol. The fourth-order valence-corrected chi connectivity index (χ4v) is 4.05. The molecule has 1 aromatic rings. The molecule has 0 aromatic carbocycles. The molecule has 2 aliphatic rings. The van der Waals surface area contributed by atoms with Crippen LogP contribution < -0.4 is 5.32 Å². The Morgan fingerprint density at radius 3 is 3.00 bits per heavy atom. The third kappa shape index (κ3) is 2.75. The lowest BCUT2D eigenvalue weighted by atomic mass is 9.93. The number of piperidine rings is 1. The minimum atomic E-state index is 0.124. The maximum Gasteiger partial charge on any atom is 0.249 e. The standard InChI is InChI=1S/C15H22N2O2S/c1-19-10-14(18)17(9-12-2-7-20-11-12)13-8-15(13)3-5-16-6-4-15/h2,7,11,13,16H,3-6,8-10H2,1H3. The number of nitrogens with one attached hydrogen (secondary N) is 1. The van der Waals surface area contributed by atoms with Crippen LogP contribution in [0.4, 0.5) is 0 Å². The molecule has 1 aliphatic heterocycles. The van der Waals surface area contributed by atoms with Crippen LogP contribution in [-0.2, 0) is 16.1 Å². The number of thiophene rings is 1. The number of hydrogen-bond acceptors (Lipinski definition) is 4. The van der Waals surface area contributed by atoms with Gasteiger partial charge in [0, 0.05) is 19.7 Å². The third-order valence-electron chi connectivity index (χ3n) is 4.64. The molecule has 1 amide bonds. The van der Waals surface area contributed by atoms with E-state index in [1.807, 2.05) is 0 Å². The van der Waals surface area contributed by atoms with Gasteiger partial charge in [-0.2, -0.15) is 11.3 Å². The summed E-state index contributed by atoms with van der Waals surface area (Å²) in [5.74, 6) is 0.124. The largest absolute Gasteiger partial charge is 0.375 e. The van der Waals surface area contributed by atoms with Crippen molar-refractivity contribution in [1.29, 1.82) is 0 Å². The van der Waals surface area contributed by atoms with Crippen molar-refractivity contribution < 1.29 is 9.53 Å². The predicted octanol–water partition coefficient (Wildman–Crippen LogP) is 1.87. The van der Waals surface area contributed by atoms with Crippen molar-refractivity contribution in [1.82, 2.24) is 10.2 Å². The quantitative estimate of drug-likeness (QED) is 0.901. The minimum absolute atomic E-state index is 0.124. The first-order valence-electron chi connectivity index (χ1n) is 7.25. The Bertz CT molecular complexity index is 454. The maximum absolute atomic E-state index is 12.4. The molecule has 2 fully saturated rings. The smallest absolute Gasteiger partial charge is 0.249 e. The monoisotopic (exact) mass is 294 g/mol. The van der Waals surface area contributed by atoms with E-state index in [0.29, 0.717) is 11.5 Å². The fraction of sp³-hybridized carbons (Fsp3) is 0.667. The molecule has 5 heteroatoms. The van der Waals surface area contributed by atoms with E-state index in [0.717, 1.165) is 26.1 Å². The molecule has 1 unspecified atom stereocenters. The van der Waals surface area contributed by atoms with Gasteiger partial charge in [0.2, 0.25) is 5.91 Å². The van der Waals surface area contributed by atoms with Gasteiger partial charge in [0.15, 0.2) is 0 Å². The van der Waals surface area contributed by atoms with E-state index in [1.165, 1.54) is 18.4 Å². The van der Waals surface area contributed by atoms with Crippen molar-refractivity contribution in [3.05, 3.63) is 22.4 Å². The molecular formula is C15H22N2O2S. The van der Waals surface area contributed by atoms with Crippen molar-refractivity contribution in [2.45, 2.75) is 31.8 Å². The van der Waals surface area contributed by atoms with Crippen LogP contribution in [0, 0.1) is 5.41 Å². The van der Waals surface area contributed by atoms with Crippen LogP contribution in [0.2, 0.25) is 0 Å². The molecule has 1 aliphatic carbocycles. The number of carbonyl (C=O) groups excluding carboxylic acids is 1. The number of carbonyl (C=O) groups is 1. The average molecular weight is 294 g/mol. The third-order valence-corrected chi connectivity index (χ3v) is 5.38. The van der Waals surface area contributed by atoms with Gasteiger partial charge in [0.1, 0.15) is 6.61 Å². The molecule has 1 N–H and O–H groups in total. The summed E-state index contributed by atoms with van der Waals surface area (Å²) in [6.07, 6.45) is 3.55. The zero-order valence-corrected chi connectivity index (χ0v) is 12.7. The van der Waals surface area contributed by atoms with Gasteiger partial charge in [-0.1, -0.05) is 0 Å². The second kappa shape index (κ2) is 5.84. The summed E-state index contributed by atoms with van der Waals surface area (Å²) < 4.78 is 5.06. The molecule has 4 nitrogen and oxygen atoms in total. The highest BCUT2D eigenvalue weighted by Gasteiger charge is 2.57. The van der Waals surface area contributed by atoms with E-state index in [2.05, 4.69) is 27.0 Å². The molecule has 110 valence electrons. The normalized spacial score (nSPS) is 23.8. The van der Waals surface area contributed by atoms with Crippen LogP contribution in [0.1, 0.15) is 24.8 Å². The van der Waals surface area contributed by atoms with Gasteiger partial charge in [0.05, 0.1) is 0 Å². The number of methoxy groups -OCH3 is 1. The average Bonchev–Trinajstić information content (AvgIpc) is 2.90. The van der Waals surface area contributed by atoms with Crippen LogP contribution in [0.3, 0.4) is 0 Å². The van der Waals surface area contributed by atoms with Gasteiger partial charge in [-0.25, -0.2) is 0 Å². The number of rotatable bonds is 5. The first-order valence-corrected chi connectivity index (χ1v) is 8.20. The summed E-state index contributed by atoms with van der Waals surface area (Å²) in [5, 5.41) is 7.61. The molecule has 1 atom stereocenters. The molecule has 3 rings (SSSR count). The van der Waals surface area contributed by atoms with Gasteiger partial charge in [-0.15, -0.1) is 0 Å². The zero-order chi connectivity index (χ0) is 14.0. The van der Waals surface area contributed by atoms with E-state index in [9.17, 15) is 4.79 Å². The summed E-state index contributed by atoms with van der Waals surface area (Å²) in [4.78, 5) is 14.4. The number of nitrogens with zero attached hydrogens (tertiary/aromatic N) is 1. The van der Waals surface area contributed by atoms with Crippen LogP contribution >= 0.6 is 11.3 Å². The van der Waals surface area contributed by atoms with Crippen LogP contribution in [-0.4, -0.2) is 43.7 Å². The molecule has 0 radical (unpaired) electrons. The number of ether oxygens (including phenoxy) is 1. The van der Waals surface area contributed by atoms with E-state index < -0.39 is 0 Å². The van der Waals surface area contributed by atoms with Gasteiger partial charge < -0.3 is 15.0 Å². The lowest BCUT2D eigenvalue weighted by Gasteiger charge is -2.29. The van der Waals surface area contributed by atoms with Crippen LogP contribution in [0.25, 0.3) is 0 Å². The Morgan fingerprint density at radius 1 is 1.55 bits per heavy atom. The molecule has 20 heavy (non-hydrogen) atoms. The van der Waals surface area contributed by atoms with Crippen molar-refractivity contribution in [3.8, 4) is 0 Å². The summed E-state index contributed by atoms with van der Waals surface area (Å²) in [6.45, 7) is 3.09. The van der Waals surface area contributed by atoms with Crippen LogP contribution in [0.15, 0.2) is 16.8 Å². The molecule has 1 saturated heterocycles. The van der Waals surface area contributed by atoms with Gasteiger partial charge in [0.25, 0.3) is 0 Å². The van der Waals surface area contributed by atoms with Gasteiger partial charge >= 0.3 is 0 Å². The van der Waals surface area contributed by atoms with Gasteiger partial charge in [-0.3, -0.25) is 4.79 Å². The Balaban J connectivity index is 1.71. The first-order chi connectivity index (χ1) is 9.75. The lowest BCUT2D eigenvalue weighted by molar-refractivity contribution is -0.137. The maximum atomic E-state index is 12.4. The van der Waals surface area contributed by atoms with E-state index in [-0.39, 0.29) is 12.5 Å². The molecule has 1 aromatic heterocycles. The van der Waals surface area contributed by atoms with Crippen LogP contribution in [0.5, 0.6) is 0 Å². The lowest BCUT2D eigenvalue weighted by Crippen LogP contribution is -2.40. The highest BCUT2D eigenvalue weighted by Crippen LogP contribution is 2.56. The Hall–Kier alpha value is -0.910. The number of amides is 1. The minimum Gasteiger partial charge on any atom is -0.375 e. The van der Waals surface area contributed by atoms with Crippen molar-refractivity contribution in [3.63, 3.8) is 0 Å². The topological polar surface area (TPSA) is 41.6 Å². The van der Waals surface area contributed by atoms with E-state index in [1.54, 1.807) is 18.4 Å². The summed E-state index contributed by atoms with van der Waals surface area (Å²) >= 11 is 1.69.